The van der Waals surface area contributed by atoms with E-state index in [1.165, 1.54) is 0 Å². The van der Waals surface area contributed by atoms with Gasteiger partial charge < -0.3 is 10.3 Å². The number of nitrogens with zero attached hydrogens (tertiary/aromatic N) is 2. The van der Waals surface area contributed by atoms with E-state index in [9.17, 15) is 4.79 Å². The Kier molecular flexibility index (Phi) is 3.69. The summed E-state index contributed by atoms with van der Waals surface area (Å²) in [5.41, 5.74) is 6.05. The molecule has 2 aromatic heterocycles. The van der Waals surface area contributed by atoms with Crippen molar-refractivity contribution in [3.8, 4) is 0 Å². The van der Waals surface area contributed by atoms with E-state index in [-0.39, 0.29) is 5.91 Å². The topological polar surface area (TPSA) is 70.7 Å². The summed E-state index contributed by atoms with van der Waals surface area (Å²) in [5.74, 6) is -0.118. The lowest BCUT2D eigenvalue weighted by molar-refractivity contribution is 0.0951. The quantitative estimate of drug-likeness (QED) is 0.602. The molecule has 0 unspecified atom stereocenters. The SMILES string of the molecule is Cc1nc2ccc(C(=O)NCc3c[nH]c4ccccc34)cc2nc1C. The Balaban J connectivity index is 1.56. The second-order valence-corrected chi connectivity index (χ2v) is 6.14. The van der Waals surface area contributed by atoms with Gasteiger partial charge in [-0.1, -0.05) is 18.2 Å². The summed E-state index contributed by atoms with van der Waals surface area (Å²) in [6.07, 6.45) is 1.93. The Morgan fingerprint density at radius 2 is 1.80 bits per heavy atom. The number of hydrogen-bond donors (Lipinski definition) is 2. The molecular weight excluding hydrogens is 312 g/mol. The molecule has 0 spiro atoms. The highest BCUT2D eigenvalue weighted by Gasteiger charge is 2.10. The smallest absolute Gasteiger partial charge is 0.251 e. The third-order valence-corrected chi connectivity index (χ3v) is 4.45. The van der Waals surface area contributed by atoms with Crippen LogP contribution in [0.4, 0.5) is 0 Å². The average molecular weight is 330 g/mol. The van der Waals surface area contributed by atoms with E-state index in [0.29, 0.717) is 12.1 Å². The molecule has 5 nitrogen and oxygen atoms in total. The summed E-state index contributed by atoms with van der Waals surface area (Å²) < 4.78 is 0. The standard InChI is InChI=1S/C20H18N4O/c1-12-13(2)24-19-9-14(7-8-18(19)23-12)20(25)22-11-15-10-21-17-6-4-3-5-16(15)17/h3-10,21H,11H2,1-2H3,(H,22,25). The number of nitrogens with one attached hydrogen (secondary N) is 2. The largest absolute Gasteiger partial charge is 0.361 e. The molecule has 0 atom stereocenters. The molecule has 0 aliphatic rings. The van der Waals surface area contributed by atoms with Crippen molar-refractivity contribution in [2.45, 2.75) is 20.4 Å². The van der Waals surface area contributed by atoms with Crippen molar-refractivity contribution >= 4 is 27.8 Å². The van der Waals surface area contributed by atoms with Crippen LogP contribution in [0.25, 0.3) is 21.9 Å². The number of carbonyl (C=O) groups excluding carboxylic acids is 1. The van der Waals surface area contributed by atoms with Crippen LogP contribution in [-0.2, 0) is 6.54 Å². The minimum atomic E-state index is -0.118. The van der Waals surface area contributed by atoms with Crippen LogP contribution in [0, 0.1) is 13.8 Å². The van der Waals surface area contributed by atoms with E-state index in [1.807, 2.05) is 50.4 Å². The number of para-hydroxylation sites is 1. The monoisotopic (exact) mass is 330 g/mol. The molecule has 2 N–H and O–H groups in total. The summed E-state index contributed by atoms with van der Waals surface area (Å²) in [6, 6.07) is 13.5. The maximum Gasteiger partial charge on any atom is 0.251 e. The van der Waals surface area contributed by atoms with Crippen molar-refractivity contribution in [2.24, 2.45) is 0 Å². The van der Waals surface area contributed by atoms with Crippen LogP contribution in [0.2, 0.25) is 0 Å². The van der Waals surface area contributed by atoms with Crippen LogP contribution in [0.15, 0.2) is 48.7 Å². The molecular formula is C20H18N4O. The van der Waals surface area contributed by atoms with Gasteiger partial charge in [0.1, 0.15) is 0 Å². The van der Waals surface area contributed by atoms with Gasteiger partial charge in [-0.15, -0.1) is 0 Å². The first-order valence-electron chi connectivity index (χ1n) is 8.20. The molecule has 0 radical (unpaired) electrons. The minimum absolute atomic E-state index is 0.118. The van der Waals surface area contributed by atoms with Crippen molar-refractivity contribution in [3.63, 3.8) is 0 Å². The van der Waals surface area contributed by atoms with E-state index in [0.717, 1.165) is 38.9 Å². The zero-order valence-corrected chi connectivity index (χ0v) is 14.1. The van der Waals surface area contributed by atoms with Crippen molar-refractivity contribution in [1.29, 1.82) is 0 Å². The van der Waals surface area contributed by atoms with Crippen LogP contribution in [-0.4, -0.2) is 20.9 Å². The Morgan fingerprint density at radius 1 is 1.04 bits per heavy atom. The zero-order valence-electron chi connectivity index (χ0n) is 14.1. The van der Waals surface area contributed by atoms with Gasteiger partial charge in [0, 0.05) is 29.2 Å². The summed E-state index contributed by atoms with van der Waals surface area (Å²) in [4.78, 5) is 24.7. The summed E-state index contributed by atoms with van der Waals surface area (Å²) >= 11 is 0. The first kappa shape index (κ1) is 15.3. The molecule has 2 aromatic carbocycles. The molecule has 0 bridgehead atoms. The van der Waals surface area contributed by atoms with Crippen LogP contribution in [0.1, 0.15) is 27.3 Å². The van der Waals surface area contributed by atoms with Crippen molar-refractivity contribution in [2.75, 3.05) is 0 Å². The summed E-state index contributed by atoms with van der Waals surface area (Å²) in [6.45, 7) is 4.33. The number of aromatic nitrogens is 3. The minimum Gasteiger partial charge on any atom is -0.361 e. The number of carbonyl (C=O) groups is 1. The van der Waals surface area contributed by atoms with Gasteiger partial charge >= 0.3 is 0 Å². The van der Waals surface area contributed by atoms with Gasteiger partial charge in [-0.2, -0.15) is 0 Å². The number of H-pyrrole nitrogens is 1. The lowest BCUT2D eigenvalue weighted by Gasteiger charge is -2.07. The summed E-state index contributed by atoms with van der Waals surface area (Å²) in [5, 5.41) is 4.10. The van der Waals surface area contributed by atoms with Gasteiger partial charge in [-0.05, 0) is 43.7 Å². The first-order valence-corrected chi connectivity index (χ1v) is 8.20. The normalized spacial score (nSPS) is 11.1. The third kappa shape index (κ3) is 2.85. The maximum atomic E-state index is 12.5. The fourth-order valence-electron chi connectivity index (χ4n) is 2.93. The highest BCUT2D eigenvalue weighted by Crippen LogP contribution is 2.18. The zero-order chi connectivity index (χ0) is 17.4. The fourth-order valence-corrected chi connectivity index (χ4v) is 2.93. The highest BCUT2D eigenvalue weighted by atomic mass is 16.1. The van der Waals surface area contributed by atoms with E-state index >= 15 is 0 Å². The number of rotatable bonds is 3. The van der Waals surface area contributed by atoms with Gasteiger partial charge in [0.05, 0.1) is 22.4 Å². The van der Waals surface area contributed by atoms with Crippen LogP contribution >= 0.6 is 0 Å². The molecule has 4 rings (SSSR count). The maximum absolute atomic E-state index is 12.5. The Hall–Kier alpha value is -3.21. The van der Waals surface area contributed by atoms with Crippen molar-refractivity contribution < 1.29 is 4.79 Å². The molecule has 25 heavy (non-hydrogen) atoms. The fraction of sp³-hybridized carbons (Fsp3) is 0.150. The van der Waals surface area contributed by atoms with Gasteiger partial charge in [0.25, 0.3) is 5.91 Å². The number of aromatic amines is 1. The molecule has 1 amide bonds. The number of aryl methyl sites for hydroxylation is 2. The number of amides is 1. The predicted molar refractivity (Wildman–Crippen MR) is 98.5 cm³/mol. The highest BCUT2D eigenvalue weighted by molar-refractivity contribution is 5.97. The molecule has 0 aliphatic heterocycles. The second-order valence-electron chi connectivity index (χ2n) is 6.14. The predicted octanol–water partition coefficient (Wildman–Crippen LogP) is 3.66. The van der Waals surface area contributed by atoms with Gasteiger partial charge in [0.15, 0.2) is 0 Å². The Morgan fingerprint density at radius 3 is 2.64 bits per heavy atom. The second kappa shape index (κ2) is 6.02. The molecule has 2 heterocycles. The van der Waals surface area contributed by atoms with Crippen molar-refractivity contribution in [3.05, 3.63) is 71.2 Å². The van der Waals surface area contributed by atoms with Gasteiger partial charge in [-0.25, -0.2) is 9.97 Å². The molecule has 124 valence electrons. The molecule has 4 aromatic rings. The van der Waals surface area contributed by atoms with Gasteiger partial charge in [-0.3, -0.25) is 4.79 Å². The van der Waals surface area contributed by atoms with Gasteiger partial charge in [0.2, 0.25) is 0 Å². The number of benzene rings is 2. The van der Waals surface area contributed by atoms with Crippen LogP contribution < -0.4 is 5.32 Å². The molecule has 5 heteroatoms. The average Bonchev–Trinajstić information content (AvgIpc) is 3.03. The van der Waals surface area contributed by atoms with E-state index < -0.39 is 0 Å². The number of hydrogen-bond acceptors (Lipinski definition) is 3. The Labute approximate surface area is 145 Å². The van der Waals surface area contributed by atoms with Crippen molar-refractivity contribution in [1.82, 2.24) is 20.3 Å². The molecule has 0 saturated heterocycles. The lowest BCUT2D eigenvalue weighted by atomic mass is 10.1. The number of fused-ring (bicyclic) bond motifs is 2. The van der Waals surface area contributed by atoms with Crippen LogP contribution in [0.3, 0.4) is 0 Å². The first-order chi connectivity index (χ1) is 12.1. The Bertz CT molecular complexity index is 1100. The van der Waals surface area contributed by atoms with Crippen LogP contribution in [0.5, 0.6) is 0 Å². The third-order valence-electron chi connectivity index (χ3n) is 4.45. The molecule has 0 fully saturated rings. The summed E-state index contributed by atoms with van der Waals surface area (Å²) in [7, 11) is 0. The van der Waals surface area contributed by atoms with E-state index in [4.69, 9.17) is 0 Å². The van der Waals surface area contributed by atoms with E-state index in [1.54, 1.807) is 12.1 Å². The lowest BCUT2D eigenvalue weighted by Crippen LogP contribution is -2.22. The molecule has 0 saturated carbocycles. The van der Waals surface area contributed by atoms with E-state index in [2.05, 4.69) is 20.3 Å². The molecule has 0 aliphatic carbocycles.